The average molecular weight is 370 g/mol. The van der Waals surface area contributed by atoms with Crippen LogP contribution in [0.3, 0.4) is 0 Å². The van der Waals surface area contributed by atoms with Gasteiger partial charge in [0.1, 0.15) is 0 Å². The maximum absolute atomic E-state index is 12.9. The molecule has 1 N–H and O–H groups in total. The van der Waals surface area contributed by atoms with Crippen LogP contribution in [0, 0.1) is 10.1 Å². The van der Waals surface area contributed by atoms with Crippen LogP contribution < -0.4 is 10.4 Å². The SMILES string of the molecule is CCCC(=O)N[C@H](c1cccs1)c1cc([N+](=O)[O-])c2cccnc2c1[O-]. The fourth-order valence-electron chi connectivity index (χ4n) is 2.80. The van der Waals surface area contributed by atoms with E-state index in [0.29, 0.717) is 12.8 Å². The second-order valence-electron chi connectivity index (χ2n) is 5.74. The van der Waals surface area contributed by atoms with Crippen LogP contribution in [-0.2, 0) is 4.79 Å². The summed E-state index contributed by atoms with van der Waals surface area (Å²) in [7, 11) is 0. The molecule has 0 fully saturated rings. The molecule has 0 unspecified atom stereocenters. The van der Waals surface area contributed by atoms with E-state index in [4.69, 9.17) is 0 Å². The molecular weight excluding hydrogens is 354 g/mol. The zero-order valence-corrected chi connectivity index (χ0v) is 14.8. The van der Waals surface area contributed by atoms with Crippen molar-refractivity contribution < 1.29 is 14.8 Å². The van der Waals surface area contributed by atoms with Gasteiger partial charge in [0.15, 0.2) is 0 Å². The summed E-state index contributed by atoms with van der Waals surface area (Å²) < 4.78 is 0. The summed E-state index contributed by atoms with van der Waals surface area (Å²) in [5.74, 6) is -0.629. The van der Waals surface area contributed by atoms with E-state index in [1.807, 2.05) is 12.3 Å². The number of hydrogen-bond acceptors (Lipinski definition) is 6. The lowest BCUT2D eigenvalue weighted by atomic mass is 9.99. The molecule has 0 aliphatic carbocycles. The van der Waals surface area contributed by atoms with E-state index in [1.54, 1.807) is 18.2 Å². The van der Waals surface area contributed by atoms with E-state index in [0.717, 1.165) is 4.88 Å². The number of carbonyl (C=O) groups is 1. The second kappa shape index (κ2) is 7.49. The Balaban J connectivity index is 2.20. The largest absolute Gasteiger partial charge is 0.871 e. The predicted molar refractivity (Wildman–Crippen MR) is 97.1 cm³/mol. The number of nitrogens with zero attached hydrogens (tertiary/aromatic N) is 2. The van der Waals surface area contributed by atoms with Crippen LogP contribution >= 0.6 is 11.3 Å². The molecule has 0 saturated carbocycles. The number of rotatable bonds is 6. The van der Waals surface area contributed by atoms with Crippen molar-refractivity contribution in [1.29, 1.82) is 0 Å². The van der Waals surface area contributed by atoms with Crippen molar-refractivity contribution in [3.8, 4) is 5.75 Å². The fraction of sp³-hybridized carbons (Fsp3) is 0.222. The first-order chi connectivity index (χ1) is 12.5. The van der Waals surface area contributed by atoms with Gasteiger partial charge in [0.2, 0.25) is 5.91 Å². The van der Waals surface area contributed by atoms with Crippen molar-refractivity contribution in [3.63, 3.8) is 0 Å². The number of nitro benzene ring substituents is 1. The van der Waals surface area contributed by atoms with Crippen molar-refractivity contribution in [1.82, 2.24) is 10.3 Å². The lowest BCUT2D eigenvalue weighted by Gasteiger charge is -2.24. The van der Waals surface area contributed by atoms with Crippen LogP contribution in [0.5, 0.6) is 5.75 Å². The topological polar surface area (TPSA) is 108 Å². The van der Waals surface area contributed by atoms with Gasteiger partial charge in [-0.15, -0.1) is 11.3 Å². The number of non-ortho nitro benzene ring substituents is 1. The maximum Gasteiger partial charge on any atom is 0.279 e. The molecule has 134 valence electrons. The number of nitro groups is 1. The van der Waals surface area contributed by atoms with Crippen molar-refractivity contribution >= 4 is 33.8 Å². The van der Waals surface area contributed by atoms with Crippen LogP contribution in [0.4, 0.5) is 5.69 Å². The first-order valence-corrected chi connectivity index (χ1v) is 8.96. The third-order valence-corrected chi connectivity index (χ3v) is 4.91. The van der Waals surface area contributed by atoms with Crippen molar-refractivity contribution in [3.05, 3.63) is 62.5 Å². The number of benzene rings is 1. The van der Waals surface area contributed by atoms with Gasteiger partial charge >= 0.3 is 0 Å². The van der Waals surface area contributed by atoms with Gasteiger partial charge in [0, 0.05) is 23.6 Å². The smallest absolute Gasteiger partial charge is 0.279 e. The number of nitrogens with one attached hydrogen (secondary N) is 1. The first-order valence-electron chi connectivity index (χ1n) is 8.08. The number of amides is 1. The molecule has 0 bridgehead atoms. The highest BCUT2D eigenvalue weighted by atomic mass is 32.1. The summed E-state index contributed by atoms with van der Waals surface area (Å²) >= 11 is 1.37. The first kappa shape index (κ1) is 17.8. The number of pyridine rings is 1. The summed E-state index contributed by atoms with van der Waals surface area (Å²) in [5, 5.41) is 29.3. The molecule has 2 heterocycles. The molecule has 0 radical (unpaired) electrons. The number of carbonyl (C=O) groups excluding carboxylic acids is 1. The summed E-state index contributed by atoms with van der Waals surface area (Å²) in [6, 6.07) is 7.15. The van der Waals surface area contributed by atoms with E-state index in [-0.39, 0.29) is 28.1 Å². The van der Waals surface area contributed by atoms with Gasteiger partial charge in [0.25, 0.3) is 5.69 Å². The second-order valence-corrected chi connectivity index (χ2v) is 6.72. The molecule has 26 heavy (non-hydrogen) atoms. The van der Waals surface area contributed by atoms with Crippen LogP contribution in [0.15, 0.2) is 41.9 Å². The molecule has 0 spiro atoms. The minimum Gasteiger partial charge on any atom is -0.871 e. The Kier molecular flexibility index (Phi) is 5.13. The maximum atomic E-state index is 12.9. The Morgan fingerprint density at radius 3 is 2.85 bits per heavy atom. The lowest BCUT2D eigenvalue weighted by Crippen LogP contribution is -2.29. The fourth-order valence-corrected chi connectivity index (χ4v) is 3.60. The van der Waals surface area contributed by atoms with Crippen LogP contribution in [0.2, 0.25) is 0 Å². The van der Waals surface area contributed by atoms with Crippen molar-refractivity contribution in [2.45, 2.75) is 25.8 Å². The molecule has 1 aromatic carbocycles. The molecule has 2 aromatic heterocycles. The number of fused-ring (bicyclic) bond motifs is 1. The van der Waals surface area contributed by atoms with Crippen molar-refractivity contribution in [2.75, 3.05) is 0 Å². The van der Waals surface area contributed by atoms with E-state index in [2.05, 4.69) is 10.3 Å². The summed E-state index contributed by atoms with van der Waals surface area (Å²) in [6.45, 7) is 1.88. The monoisotopic (exact) mass is 370 g/mol. The highest BCUT2D eigenvalue weighted by Crippen LogP contribution is 2.39. The summed E-state index contributed by atoms with van der Waals surface area (Å²) in [4.78, 5) is 27.9. The van der Waals surface area contributed by atoms with Gasteiger partial charge in [-0.2, -0.15) is 0 Å². The van der Waals surface area contributed by atoms with Gasteiger partial charge in [-0.1, -0.05) is 18.7 Å². The minimum absolute atomic E-state index is 0.0306. The Morgan fingerprint density at radius 1 is 1.38 bits per heavy atom. The molecule has 1 amide bonds. The van der Waals surface area contributed by atoms with E-state index in [1.165, 1.54) is 29.7 Å². The third kappa shape index (κ3) is 3.36. The lowest BCUT2D eigenvalue weighted by molar-refractivity contribution is -0.383. The quantitative estimate of drug-likeness (QED) is 0.529. The number of hydrogen-bond donors (Lipinski definition) is 1. The highest BCUT2D eigenvalue weighted by Gasteiger charge is 2.24. The minimum atomic E-state index is -0.744. The van der Waals surface area contributed by atoms with E-state index in [9.17, 15) is 20.0 Å². The van der Waals surface area contributed by atoms with E-state index < -0.39 is 16.7 Å². The molecular formula is C18H16N3O4S-. The molecule has 3 aromatic rings. The molecule has 3 rings (SSSR count). The normalized spacial score (nSPS) is 12.0. The molecule has 0 aliphatic rings. The van der Waals surface area contributed by atoms with E-state index >= 15 is 0 Å². The predicted octanol–water partition coefficient (Wildman–Crippen LogP) is 3.28. The molecule has 0 aliphatic heterocycles. The third-order valence-electron chi connectivity index (χ3n) is 3.97. The molecule has 1 atom stereocenters. The zero-order valence-electron chi connectivity index (χ0n) is 14.0. The summed E-state index contributed by atoms with van der Waals surface area (Å²) in [6.07, 6.45) is 2.39. The van der Waals surface area contributed by atoms with Crippen molar-refractivity contribution in [2.24, 2.45) is 0 Å². The Labute approximate surface area is 153 Å². The van der Waals surface area contributed by atoms with Crippen LogP contribution in [0.25, 0.3) is 10.9 Å². The van der Waals surface area contributed by atoms with Crippen LogP contribution in [-0.4, -0.2) is 15.8 Å². The van der Waals surface area contributed by atoms with Gasteiger partial charge < -0.3 is 10.4 Å². The van der Waals surface area contributed by atoms with Gasteiger partial charge in [-0.25, -0.2) is 0 Å². The number of thiophene rings is 1. The number of aromatic nitrogens is 1. The van der Waals surface area contributed by atoms with Gasteiger partial charge in [-0.05, 0) is 35.6 Å². The Morgan fingerprint density at radius 2 is 2.19 bits per heavy atom. The molecule has 8 heteroatoms. The highest BCUT2D eigenvalue weighted by molar-refractivity contribution is 7.10. The average Bonchev–Trinajstić information content (AvgIpc) is 3.15. The molecule has 0 saturated heterocycles. The molecule has 7 nitrogen and oxygen atoms in total. The Bertz CT molecular complexity index is 956. The van der Waals surface area contributed by atoms with Crippen LogP contribution in [0.1, 0.15) is 36.2 Å². The van der Waals surface area contributed by atoms with Gasteiger partial charge in [0.05, 0.1) is 21.9 Å². The zero-order chi connectivity index (χ0) is 18.7. The summed E-state index contributed by atoms with van der Waals surface area (Å²) in [5.41, 5.74) is -0.0215. The van der Waals surface area contributed by atoms with Gasteiger partial charge in [-0.3, -0.25) is 19.9 Å². The Hall–Kier alpha value is -3.00. The standard InChI is InChI=1S/C18H17N3O4S/c1-2-5-15(22)20-16(14-7-4-9-26-14)12-10-13(21(24)25)11-6-3-8-19-17(11)18(12)23/h3-4,6-10,16,23H,2,5H2,1H3,(H,20,22)/p-1/t16-/m0/s1.